The van der Waals surface area contributed by atoms with Crippen LogP contribution in [0.1, 0.15) is 37.8 Å². The fourth-order valence-corrected chi connectivity index (χ4v) is 5.73. The molecule has 5 heterocycles. The van der Waals surface area contributed by atoms with Crippen molar-refractivity contribution in [2.24, 2.45) is 5.92 Å². The van der Waals surface area contributed by atoms with Crippen LogP contribution in [0.4, 0.5) is 0 Å². The van der Waals surface area contributed by atoms with E-state index in [9.17, 15) is 4.79 Å². The molecule has 0 bridgehead atoms. The van der Waals surface area contributed by atoms with E-state index >= 15 is 0 Å². The third kappa shape index (κ3) is 5.08. The summed E-state index contributed by atoms with van der Waals surface area (Å²) in [6.07, 6.45) is 2.66. The van der Waals surface area contributed by atoms with Crippen molar-refractivity contribution in [3.8, 4) is 17.1 Å². The number of benzene rings is 1. The Labute approximate surface area is 225 Å². The van der Waals surface area contributed by atoms with Crippen molar-refractivity contribution in [3.63, 3.8) is 0 Å². The van der Waals surface area contributed by atoms with Crippen LogP contribution in [-0.4, -0.2) is 57.0 Å². The van der Waals surface area contributed by atoms with Crippen LogP contribution in [0.2, 0.25) is 0 Å². The lowest BCUT2D eigenvalue weighted by molar-refractivity contribution is -0.117. The van der Waals surface area contributed by atoms with Gasteiger partial charge < -0.3 is 14.2 Å². The lowest BCUT2D eigenvalue weighted by atomic mass is 9.93. The van der Waals surface area contributed by atoms with Gasteiger partial charge in [0.2, 0.25) is 5.88 Å². The van der Waals surface area contributed by atoms with Gasteiger partial charge in [0.05, 0.1) is 29.9 Å². The SMILES string of the molecule is CN1CC(COc2ccc3c(n2)sc2nc(-c4ccc(CC(=O)Cc5cc(C(C)(C)C)on5)cc4)cn23)C1. The normalized spacial score (nSPS) is 14.8. The summed E-state index contributed by atoms with van der Waals surface area (Å²) in [5.41, 5.74) is 4.44. The maximum atomic E-state index is 12.6. The summed E-state index contributed by atoms with van der Waals surface area (Å²) in [5.74, 6) is 2.15. The van der Waals surface area contributed by atoms with Crippen molar-refractivity contribution >= 4 is 32.4 Å². The number of nitrogens with zero attached hydrogens (tertiary/aromatic N) is 5. The molecule has 38 heavy (non-hydrogen) atoms. The summed E-state index contributed by atoms with van der Waals surface area (Å²) in [4.78, 5) is 26.2. The highest BCUT2D eigenvalue weighted by Gasteiger charge is 2.24. The fourth-order valence-electron chi connectivity index (χ4n) is 4.76. The highest BCUT2D eigenvalue weighted by Crippen LogP contribution is 2.30. The van der Waals surface area contributed by atoms with Gasteiger partial charge in [-0.3, -0.25) is 9.20 Å². The van der Waals surface area contributed by atoms with Crippen molar-refractivity contribution in [3.05, 3.63) is 65.7 Å². The minimum absolute atomic E-state index is 0.108. The standard InChI is InChI=1S/C29H31N5O3S/c1-29(2,3)25-13-21(32-37-25)12-22(35)11-18-5-7-20(8-6-18)23-16-34-24-9-10-26(31-27(24)38-28(34)30-23)36-17-19-14-33(4)15-19/h5-10,13,16,19H,11-12,14-15,17H2,1-4H3. The lowest BCUT2D eigenvalue weighted by Gasteiger charge is -2.35. The molecule has 0 amide bonds. The molecule has 1 aliphatic heterocycles. The van der Waals surface area contributed by atoms with E-state index in [0.29, 0.717) is 30.5 Å². The van der Waals surface area contributed by atoms with Gasteiger partial charge in [0.1, 0.15) is 16.4 Å². The zero-order valence-electron chi connectivity index (χ0n) is 22.1. The second kappa shape index (κ2) is 9.63. The van der Waals surface area contributed by atoms with E-state index in [4.69, 9.17) is 19.2 Å². The summed E-state index contributed by atoms with van der Waals surface area (Å²) < 4.78 is 13.4. The van der Waals surface area contributed by atoms with E-state index < -0.39 is 0 Å². The smallest absolute Gasteiger partial charge is 0.214 e. The van der Waals surface area contributed by atoms with E-state index in [-0.39, 0.29) is 17.6 Å². The zero-order valence-corrected chi connectivity index (χ0v) is 22.9. The Morgan fingerprint density at radius 1 is 1.11 bits per heavy atom. The summed E-state index contributed by atoms with van der Waals surface area (Å²) in [5, 5.41) is 4.07. The van der Waals surface area contributed by atoms with Gasteiger partial charge in [-0.2, -0.15) is 0 Å². The molecule has 0 spiro atoms. The largest absolute Gasteiger partial charge is 0.477 e. The highest BCUT2D eigenvalue weighted by atomic mass is 32.1. The minimum atomic E-state index is -0.126. The topological polar surface area (TPSA) is 85.8 Å². The van der Waals surface area contributed by atoms with Gasteiger partial charge in [0.15, 0.2) is 4.96 Å². The molecule has 8 nitrogen and oxygen atoms in total. The van der Waals surface area contributed by atoms with Crippen LogP contribution in [0.15, 0.2) is 53.2 Å². The number of carbonyl (C=O) groups excluding carboxylic acids is 1. The highest BCUT2D eigenvalue weighted by molar-refractivity contribution is 7.23. The molecule has 5 aromatic rings. The summed E-state index contributed by atoms with van der Waals surface area (Å²) in [6.45, 7) is 9.05. The molecular formula is C29H31N5O3S. The molecule has 0 saturated carbocycles. The van der Waals surface area contributed by atoms with Gasteiger partial charge in [0, 0.05) is 54.7 Å². The average molecular weight is 530 g/mol. The Hall–Kier alpha value is -3.56. The first-order valence-electron chi connectivity index (χ1n) is 12.9. The van der Waals surface area contributed by atoms with Crippen LogP contribution in [0.5, 0.6) is 5.88 Å². The molecule has 1 aliphatic rings. The maximum Gasteiger partial charge on any atom is 0.214 e. The molecule has 0 N–H and O–H groups in total. The first-order valence-corrected chi connectivity index (χ1v) is 13.7. The Morgan fingerprint density at radius 2 is 1.89 bits per heavy atom. The maximum absolute atomic E-state index is 12.6. The monoisotopic (exact) mass is 529 g/mol. The van der Waals surface area contributed by atoms with Crippen LogP contribution in [0.3, 0.4) is 0 Å². The van der Waals surface area contributed by atoms with Crippen LogP contribution < -0.4 is 4.74 Å². The first-order chi connectivity index (χ1) is 18.2. The Balaban J connectivity index is 1.11. The number of likely N-dealkylation sites (tertiary alicyclic amines) is 1. The summed E-state index contributed by atoms with van der Waals surface area (Å²) in [6, 6.07) is 13.9. The van der Waals surface area contributed by atoms with E-state index in [1.807, 2.05) is 48.7 Å². The number of rotatable bonds is 8. The number of fused-ring (bicyclic) bond motifs is 3. The molecule has 0 radical (unpaired) electrons. The Kier molecular flexibility index (Phi) is 6.28. The molecular weight excluding hydrogens is 498 g/mol. The van der Waals surface area contributed by atoms with Crippen molar-refractivity contribution in [2.75, 3.05) is 26.7 Å². The van der Waals surface area contributed by atoms with E-state index in [1.54, 1.807) is 11.3 Å². The second-order valence-electron chi connectivity index (χ2n) is 11.3. The number of Topliss-reactive ketones (excluding diaryl/α,β-unsaturated/α-hetero) is 1. The summed E-state index contributed by atoms with van der Waals surface area (Å²) >= 11 is 1.56. The zero-order chi connectivity index (χ0) is 26.4. The van der Waals surface area contributed by atoms with Gasteiger partial charge in [-0.25, -0.2) is 9.97 Å². The number of pyridine rings is 1. The van der Waals surface area contributed by atoms with E-state index in [0.717, 1.165) is 51.0 Å². The van der Waals surface area contributed by atoms with Crippen LogP contribution in [-0.2, 0) is 23.1 Å². The Morgan fingerprint density at radius 3 is 2.61 bits per heavy atom. The molecule has 9 heteroatoms. The number of aromatic nitrogens is 4. The number of hydrogen-bond acceptors (Lipinski definition) is 8. The van der Waals surface area contributed by atoms with Crippen molar-refractivity contribution in [1.29, 1.82) is 0 Å². The molecule has 0 aliphatic carbocycles. The average Bonchev–Trinajstić information content (AvgIpc) is 3.56. The van der Waals surface area contributed by atoms with Gasteiger partial charge in [0.25, 0.3) is 0 Å². The molecule has 1 aromatic carbocycles. The first kappa shape index (κ1) is 24.8. The second-order valence-corrected chi connectivity index (χ2v) is 12.2. The number of thiazole rings is 1. The predicted octanol–water partition coefficient (Wildman–Crippen LogP) is 5.19. The van der Waals surface area contributed by atoms with Gasteiger partial charge in [-0.15, -0.1) is 0 Å². The minimum Gasteiger partial charge on any atom is -0.477 e. The van der Waals surface area contributed by atoms with Gasteiger partial charge in [-0.05, 0) is 18.7 Å². The molecule has 1 saturated heterocycles. The van der Waals surface area contributed by atoms with Crippen LogP contribution >= 0.6 is 11.3 Å². The fraction of sp³-hybridized carbons (Fsp3) is 0.379. The molecule has 6 rings (SSSR count). The van der Waals surface area contributed by atoms with Crippen LogP contribution in [0.25, 0.3) is 26.6 Å². The Bertz CT molecular complexity index is 1600. The number of carbonyl (C=O) groups is 1. The van der Waals surface area contributed by atoms with Crippen molar-refractivity contribution in [2.45, 2.75) is 39.0 Å². The van der Waals surface area contributed by atoms with Crippen molar-refractivity contribution < 1.29 is 14.1 Å². The number of ketones is 1. The predicted molar refractivity (Wildman–Crippen MR) is 148 cm³/mol. The third-order valence-electron chi connectivity index (χ3n) is 6.87. The number of hydrogen-bond donors (Lipinski definition) is 0. The number of imidazole rings is 1. The summed E-state index contributed by atoms with van der Waals surface area (Å²) in [7, 11) is 2.12. The van der Waals surface area contributed by atoms with E-state index in [2.05, 4.69) is 42.3 Å². The quantitative estimate of drug-likeness (QED) is 0.273. The molecule has 1 fully saturated rings. The van der Waals surface area contributed by atoms with Gasteiger partial charge >= 0.3 is 0 Å². The van der Waals surface area contributed by atoms with Gasteiger partial charge in [-0.1, -0.05) is 61.5 Å². The molecule has 0 unspecified atom stereocenters. The molecule has 196 valence electrons. The molecule has 0 atom stereocenters. The number of ether oxygens (including phenoxy) is 1. The van der Waals surface area contributed by atoms with E-state index in [1.165, 1.54) is 0 Å². The van der Waals surface area contributed by atoms with Crippen LogP contribution in [0, 0.1) is 5.92 Å². The third-order valence-corrected chi connectivity index (χ3v) is 7.83. The molecule has 4 aromatic heterocycles. The lowest BCUT2D eigenvalue weighted by Crippen LogP contribution is -2.46. The van der Waals surface area contributed by atoms with Crippen molar-refractivity contribution in [1.82, 2.24) is 24.4 Å².